The fraction of sp³-hybridized carbons (Fsp3) is 0.524. The number of nitrogens with zero attached hydrogens (tertiary/aromatic N) is 2. The van der Waals surface area contributed by atoms with Gasteiger partial charge in [0.25, 0.3) is 5.91 Å². The van der Waals surface area contributed by atoms with E-state index < -0.39 is 0 Å². The molecule has 0 unspecified atom stereocenters. The van der Waals surface area contributed by atoms with Crippen molar-refractivity contribution in [1.82, 2.24) is 15.1 Å². The Morgan fingerprint density at radius 2 is 1.77 bits per heavy atom. The number of carbonyl (C=O) groups excluding carboxylic acids is 1. The summed E-state index contributed by atoms with van der Waals surface area (Å²) in [4.78, 5) is 12.5. The molecule has 5 heteroatoms. The lowest BCUT2D eigenvalue weighted by molar-refractivity contribution is 0.0951. The molecule has 1 aromatic heterocycles. The molecule has 0 aliphatic carbocycles. The lowest BCUT2D eigenvalue weighted by Crippen LogP contribution is -2.27. The topological polar surface area (TPSA) is 56.1 Å². The largest absolute Gasteiger partial charge is 0.494 e. The predicted octanol–water partition coefficient (Wildman–Crippen LogP) is 4.15. The van der Waals surface area contributed by atoms with Crippen LogP contribution in [0, 0.1) is 20.8 Å². The van der Waals surface area contributed by atoms with Gasteiger partial charge in [0.05, 0.1) is 23.4 Å². The van der Waals surface area contributed by atoms with E-state index in [0.717, 1.165) is 30.0 Å². The number of aromatic nitrogens is 2. The van der Waals surface area contributed by atoms with Gasteiger partial charge in [0.1, 0.15) is 5.75 Å². The van der Waals surface area contributed by atoms with E-state index >= 15 is 0 Å². The van der Waals surface area contributed by atoms with Crippen LogP contribution in [-0.2, 0) is 5.54 Å². The molecule has 0 radical (unpaired) electrons. The molecule has 0 atom stereocenters. The fourth-order valence-corrected chi connectivity index (χ4v) is 2.97. The van der Waals surface area contributed by atoms with Crippen LogP contribution in [0.2, 0.25) is 0 Å². The van der Waals surface area contributed by atoms with E-state index in [0.29, 0.717) is 18.7 Å². The minimum absolute atomic E-state index is 0.0463. The number of hydrogen-bond donors (Lipinski definition) is 1. The van der Waals surface area contributed by atoms with Crippen LogP contribution in [0.5, 0.6) is 5.75 Å². The van der Waals surface area contributed by atoms with Crippen LogP contribution in [0.25, 0.3) is 0 Å². The molecule has 0 aliphatic heterocycles. The Balaban J connectivity index is 1.77. The highest BCUT2D eigenvalue weighted by atomic mass is 16.5. The Morgan fingerprint density at radius 1 is 1.12 bits per heavy atom. The molecule has 1 amide bonds. The second kappa shape index (κ2) is 8.39. The zero-order valence-electron chi connectivity index (χ0n) is 16.8. The van der Waals surface area contributed by atoms with Crippen molar-refractivity contribution < 1.29 is 9.53 Å². The molecule has 142 valence electrons. The van der Waals surface area contributed by atoms with Crippen LogP contribution in [-0.4, -0.2) is 28.8 Å². The van der Waals surface area contributed by atoms with E-state index in [9.17, 15) is 4.79 Å². The van der Waals surface area contributed by atoms with Gasteiger partial charge in [-0.3, -0.25) is 9.48 Å². The van der Waals surface area contributed by atoms with Crippen LogP contribution in [0.1, 0.15) is 60.9 Å². The third-order valence-electron chi connectivity index (χ3n) is 4.30. The molecule has 2 rings (SSSR count). The van der Waals surface area contributed by atoms with Gasteiger partial charge in [-0.25, -0.2) is 0 Å². The number of hydrogen-bond acceptors (Lipinski definition) is 3. The first-order valence-electron chi connectivity index (χ1n) is 9.24. The van der Waals surface area contributed by atoms with Crippen LogP contribution < -0.4 is 10.1 Å². The van der Waals surface area contributed by atoms with Crippen molar-refractivity contribution in [2.24, 2.45) is 0 Å². The lowest BCUT2D eigenvalue weighted by atomic mass is 10.1. The van der Waals surface area contributed by atoms with Crippen molar-refractivity contribution in [3.05, 3.63) is 46.8 Å². The van der Waals surface area contributed by atoms with Gasteiger partial charge in [-0.2, -0.15) is 5.10 Å². The highest BCUT2D eigenvalue weighted by molar-refractivity contribution is 5.96. The number of nitrogens with one attached hydrogen (secondary N) is 1. The van der Waals surface area contributed by atoms with E-state index in [1.807, 2.05) is 42.8 Å². The van der Waals surface area contributed by atoms with Crippen molar-refractivity contribution in [2.75, 3.05) is 13.2 Å². The standard InChI is InChI=1S/C21H31N3O2/c1-15-9-11-18(12-10-15)26-14-8-7-13-22-20(25)19-16(2)23-24(17(19)3)21(4,5)6/h9-12H,7-8,13-14H2,1-6H3,(H,22,25). The monoisotopic (exact) mass is 357 g/mol. The van der Waals surface area contributed by atoms with E-state index in [4.69, 9.17) is 4.74 Å². The minimum Gasteiger partial charge on any atom is -0.494 e. The molecule has 1 aromatic carbocycles. The molecule has 26 heavy (non-hydrogen) atoms. The average molecular weight is 357 g/mol. The van der Waals surface area contributed by atoms with Gasteiger partial charge < -0.3 is 10.1 Å². The number of ether oxygens (including phenoxy) is 1. The van der Waals surface area contributed by atoms with E-state index in [-0.39, 0.29) is 11.4 Å². The number of benzene rings is 1. The predicted molar refractivity (Wildman–Crippen MR) is 105 cm³/mol. The highest BCUT2D eigenvalue weighted by Gasteiger charge is 2.24. The Bertz CT molecular complexity index is 740. The quantitative estimate of drug-likeness (QED) is 0.757. The number of rotatable bonds is 7. The molecule has 0 fully saturated rings. The van der Waals surface area contributed by atoms with Gasteiger partial charge >= 0.3 is 0 Å². The molecule has 0 spiro atoms. The van der Waals surface area contributed by atoms with Gasteiger partial charge in [0.2, 0.25) is 0 Å². The van der Waals surface area contributed by atoms with Crippen molar-refractivity contribution in [1.29, 1.82) is 0 Å². The molecule has 5 nitrogen and oxygen atoms in total. The Kier molecular flexibility index (Phi) is 6.46. The SMILES string of the molecule is Cc1ccc(OCCCCNC(=O)c2c(C)nn(C(C)(C)C)c2C)cc1. The number of unbranched alkanes of at least 4 members (excludes halogenated alkanes) is 1. The minimum atomic E-state index is -0.138. The van der Waals surface area contributed by atoms with Crippen molar-refractivity contribution in [3.63, 3.8) is 0 Å². The molecular formula is C21H31N3O2. The summed E-state index contributed by atoms with van der Waals surface area (Å²) in [6.45, 7) is 13.4. The van der Waals surface area contributed by atoms with Crippen molar-refractivity contribution >= 4 is 5.91 Å². The molecule has 1 N–H and O–H groups in total. The van der Waals surface area contributed by atoms with E-state index in [2.05, 4.69) is 38.1 Å². The van der Waals surface area contributed by atoms with E-state index in [1.165, 1.54) is 5.56 Å². The Labute approximate surface area is 156 Å². The third kappa shape index (κ3) is 5.10. The summed E-state index contributed by atoms with van der Waals surface area (Å²) in [5.74, 6) is 0.843. The summed E-state index contributed by atoms with van der Waals surface area (Å²) in [7, 11) is 0. The van der Waals surface area contributed by atoms with Gasteiger partial charge in [-0.05, 0) is 66.5 Å². The average Bonchev–Trinajstić information content (AvgIpc) is 2.87. The van der Waals surface area contributed by atoms with E-state index in [1.54, 1.807) is 0 Å². The molecule has 1 heterocycles. The second-order valence-corrected chi connectivity index (χ2v) is 7.75. The Morgan fingerprint density at radius 3 is 2.35 bits per heavy atom. The summed E-state index contributed by atoms with van der Waals surface area (Å²) < 4.78 is 7.63. The van der Waals surface area contributed by atoms with Gasteiger partial charge in [0.15, 0.2) is 0 Å². The first-order valence-corrected chi connectivity index (χ1v) is 9.24. The van der Waals surface area contributed by atoms with Crippen LogP contribution >= 0.6 is 0 Å². The van der Waals surface area contributed by atoms with Crippen molar-refractivity contribution in [3.8, 4) is 5.75 Å². The maximum atomic E-state index is 12.5. The molecule has 0 saturated carbocycles. The molecule has 0 saturated heterocycles. The molecule has 0 bridgehead atoms. The molecule has 2 aromatic rings. The number of amides is 1. The highest BCUT2D eigenvalue weighted by Crippen LogP contribution is 2.21. The maximum absolute atomic E-state index is 12.5. The van der Waals surface area contributed by atoms with Crippen LogP contribution in [0.4, 0.5) is 0 Å². The summed E-state index contributed by atoms with van der Waals surface area (Å²) in [5, 5.41) is 7.54. The smallest absolute Gasteiger partial charge is 0.255 e. The van der Waals surface area contributed by atoms with Crippen LogP contribution in [0.15, 0.2) is 24.3 Å². The van der Waals surface area contributed by atoms with Gasteiger partial charge in [-0.15, -0.1) is 0 Å². The summed E-state index contributed by atoms with van der Waals surface area (Å²) >= 11 is 0. The third-order valence-corrected chi connectivity index (χ3v) is 4.30. The second-order valence-electron chi connectivity index (χ2n) is 7.75. The van der Waals surface area contributed by atoms with Gasteiger partial charge in [0, 0.05) is 12.2 Å². The first kappa shape index (κ1) is 20.0. The Hall–Kier alpha value is -2.30. The number of aryl methyl sites for hydroxylation is 2. The summed E-state index contributed by atoms with van der Waals surface area (Å²) in [6, 6.07) is 8.04. The fourth-order valence-electron chi connectivity index (χ4n) is 2.97. The molecular weight excluding hydrogens is 326 g/mol. The zero-order valence-corrected chi connectivity index (χ0v) is 16.8. The van der Waals surface area contributed by atoms with Crippen LogP contribution in [0.3, 0.4) is 0 Å². The normalized spacial score (nSPS) is 11.5. The zero-order chi connectivity index (χ0) is 19.3. The summed E-state index contributed by atoms with van der Waals surface area (Å²) in [6.07, 6.45) is 1.77. The number of carbonyl (C=O) groups is 1. The summed E-state index contributed by atoms with van der Waals surface area (Å²) in [5.41, 5.74) is 3.46. The lowest BCUT2D eigenvalue weighted by Gasteiger charge is -2.21. The molecule has 0 aliphatic rings. The van der Waals surface area contributed by atoms with Crippen molar-refractivity contribution in [2.45, 2.75) is 59.9 Å². The maximum Gasteiger partial charge on any atom is 0.255 e. The first-order chi connectivity index (χ1) is 12.2. The van der Waals surface area contributed by atoms with Gasteiger partial charge in [-0.1, -0.05) is 17.7 Å².